The van der Waals surface area contributed by atoms with Gasteiger partial charge in [0.1, 0.15) is 5.82 Å². The average Bonchev–Trinajstić information content (AvgIpc) is 2.80. The molecule has 1 rings (SSSR count). The van der Waals surface area contributed by atoms with Crippen LogP contribution in [0.3, 0.4) is 0 Å². The van der Waals surface area contributed by atoms with Crippen LogP contribution >= 0.6 is 23.5 Å². The fraction of sp³-hybridized carbons (Fsp3) is 0.769. The topological polar surface area (TPSA) is 68.0 Å². The summed E-state index contributed by atoms with van der Waals surface area (Å²) in [6.45, 7) is 6.43. The Bertz CT molecular complexity index is 424. The molecule has 0 radical (unpaired) electrons. The highest BCUT2D eigenvalue weighted by atomic mass is 32.2. The van der Waals surface area contributed by atoms with E-state index in [1.165, 1.54) is 11.8 Å². The van der Waals surface area contributed by atoms with Crippen molar-refractivity contribution in [3.8, 4) is 0 Å². The van der Waals surface area contributed by atoms with Gasteiger partial charge in [-0.2, -0.15) is 11.8 Å². The molecule has 114 valence electrons. The standard InChI is InChI=1S/C13H23N3O2S2/c1-4-6-11-14-15-13(20-9-12(17)18)16(11)10(3)7-8-19-5-2/h10H,4-9H2,1-3H3,(H,17,18). The van der Waals surface area contributed by atoms with Gasteiger partial charge in [-0.3, -0.25) is 4.79 Å². The van der Waals surface area contributed by atoms with E-state index in [0.29, 0.717) is 6.04 Å². The minimum atomic E-state index is -0.823. The van der Waals surface area contributed by atoms with Gasteiger partial charge in [0.25, 0.3) is 0 Å². The van der Waals surface area contributed by atoms with Crippen molar-refractivity contribution in [1.82, 2.24) is 14.8 Å². The summed E-state index contributed by atoms with van der Waals surface area (Å²) in [4.78, 5) is 10.7. The lowest BCUT2D eigenvalue weighted by Gasteiger charge is -2.17. The van der Waals surface area contributed by atoms with Crippen LogP contribution in [0, 0.1) is 0 Å². The van der Waals surface area contributed by atoms with Crippen LogP contribution in [0.15, 0.2) is 5.16 Å². The summed E-state index contributed by atoms with van der Waals surface area (Å²) < 4.78 is 2.12. The number of carboxylic acid groups (broad SMARTS) is 1. The van der Waals surface area contributed by atoms with Gasteiger partial charge in [-0.25, -0.2) is 0 Å². The third-order valence-corrected chi connectivity index (χ3v) is 4.72. The third kappa shape index (κ3) is 5.36. The highest BCUT2D eigenvalue weighted by molar-refractivity contribution is 7.99. The van der Waals surface area contributed by atoms with E-state index < -0.39 is 5.97 Å². The van der Waals surface area contributed by atoms with Gasteiger partial charge < -0.3 is 9.67 Å². The molecule has 0 saturated carbocycles. The minimum absolute atomic E-state index is 0.0285. The van der Waals surface area contributed by atoms with Crippen molar-refractivity contribution in [1.29, 1.82) is 0 Å². The van der Waals surface area contributed by atoms with Crippen LogP contribution < -0.4 is 0 Å². The summed E-state index contributed by atoms with van der Waals surface area (Å²) >= 11 is 3.17. The number of nitrogens with zero attached hydrogens (tertiary/aromatic N) is 3. The number of carboxylic acids is 1. The molecular formula is C13H23N3O2S2. The largest absolute Gasteiger partial charge is 0.481 e. The van der Waals surface area contributed by atoms with Crippen molar-refractivity contribution in [2.45, 2.75) is 51.2 Å². The summed E-state index contributed by atoms with van der Waals surface area (Å²) in [6, 6.07) is 0.307. The molecule has 5 nitrogen and oxygen atoms in total. The Morgan fingerprint density at radius 3 is 2.75 bits per heavy atom. The second-order valence-electron chi connectivity index (χ2n) is 4.54. The third-order valence-electron chi connectivity index (χ3n) is 2.86. The van der Waals surface area contributed by atoms with E-state index in [0.717, 1.165) is 41.7 Å². The van der Waals surface area contributed by atoms with Crippen molar-refractivity contribution < 1.29 is 9.90 Å². The SMILES string of the molecule is CCCc1nnc(SCC(=O)O)n1C(C)CCSCC. The Labute approximate surface area is 128 Å². The molecule has 1 unspecified atom stereocenters. The normalized spacial score (nSPS) is 12.6. The van der Waals surface area contributed by atoms with Crippen molar-refractivity contribution in [2.75, 3.05) is 17.3 Å². The van der Waals surface area contributed by atoms with Gasteiger partial charge in [0.2, 0.25) is 0 Å². The van der Waals surface area contributed by atoms with Crippen molar-refractivity contribution in [3.63, 3.8) is 0 Å². The Morgan fingerprint density at radius 2 is 2.15 bits per heavy atom. The van der Waals surface area contributed by atoms with E-state index in [1.807, 2.05) is 11.8 Å². The molecule has 0 saturated heterocycles. The lowest BCUT2D eigenvalue weighted by atomic mass is 10.2. The highest BCUT2D eigenvalue weighted by Crippen LogP contribution is 2.25. The van der Waals surface area contributed by atoms with Gasteiger partial charge in [-0.05, 0) is 31.3 Å². The predicted molar refractivity (Wildman–Crippen MR) is 84.7 cm³/mol. The summed E-state index contributed by atoms with van der Waals surface area (Å²) in [7, 11) is 0. The molecule has 1 aromatic rings. The van der Waals surface area contributed by atoms with Gasteiger partial charge in [0.15, 0.2) is 5.16 Å². The summed E-state index contributed by atoms with van der Waals surface area (Å²) in [5, 5.41) is 17.9. The summed E-state index contributed by atoms with van der Waals surface area (Å²) in [6.07, 6.45) is 2.94. The van der Waals surface area contributed by atoms with E-state index >= 15 is 0 Å². The number of aryl methyl sites for hydroxylation is 1. The van der Waals surface area contributed by atoms with Gasteiger partial charge in [-0.15, -0.1) is 10.2 Å². The molecule has 1 aromatic heterocycles. The predicted octanol–water partition coefficient (Wildman–Crippen LogP) is 3.11. The van der Waals surface area contributed by atoms with Crippen LogP contribution in [0.25, 0.3) is 0 Å². The summed E-state index contributed by atoms with van der Waals surface area (Å²) in [5.74, 6) is 2.40. The van der Waals surface area contributed by atoms with E-state index in [9.17, 15) is 4.79 Å². The Morgan fingerprint density at radius 1 is 1.40 bits per heavy atom. The zero-order chi connectivity index (χ0) is 15.0. The first-order chi connectivity index (χ1) is 9.60. The molecule has 0 aliphatic heterocycles. The van der Waals surface area contributed by atoms with Crippen molar-refractivity contribution in [3.05, 3.63) is 5.82 Å². The molecular weight excluding hydrogens is 294 g/mol. The Kier molecular flexibility index (Phi) is 8.06. The van der Waals surface area contributed by atoms with Gasteiger partial charge >= 0.3 is 5.97 Å². The lowest BCUT2D eigenvalue weighted by Crippen LogP contribution is -2.12. The highest BCUT2D eigenvalue weighted by Gasteiger charge is 2.18. The molecule has 0 fully saturated rings. The number of thioether (sulfide) groups is 2. The van der Waals surface area contributed by atoms with Crippen LogP contribution in [0.5, 0.6) is 0 Å². The van der Waals surface area contributed by atoms with Crippen LogP contribution in [0.4, 0.5) is 0 Å². The molecule has 0 bridgehead atoms. The first-order valence-electron chi connectivity index (χ1n) is 6.96. The maximum atomic E-state index is 10.7. The molecule has 20 heavy (non-hydrogen) atoms. The Balaban J connectivity index is 2.80. The number of aliphatic carboxylic acids is 1. The van der Waals surface area contributed by atoms with Gasteiger partial charge in [0, 0.05) is 12.5 Å². The molecule has 1 heterocycles. The monoisotopic (exact) mass is 317 g/mol. The molecule has 7 heteroatoms. The van der Waals surface area contributed by atoms with Crippen LogP contribution in [-0.4, -0.2) is 43.1 Å². The minimum Gasteiger partial charge on any atom is -0.481 e. The van der Waals surface area contributed by atoms with Crippen LogP contribution in [-0.2, 0) is 11.2 Å². The second-order valence-corrected chi connectivity index (χ2v) is 6.87. The van der Waals surface area contributed by atoms with E-state index in [1.54, 1.807) is 0 Å². The van der Waals surface area contributed by atoms with E-state index in [2.05, 4.69) is 35.5 Å². The quantitative estimate of drug-likeness (QED) is 0.528. The maximum absolute atomic E-state index is 10.7. The number of hydrogen-bond donors (Lipinski definition) is 1. The zero-order valence-corrected chi connectivity index (χ0v) is 14.0. The molecule has 0 amide bonds. The fourth-order valence-electron chi connectivity index (χ4n) is 1.90. The maximum Gasteiger partial charge on any atom is 0.313 e. The molecule has 0 aliphatic carbocycles. The van der Waals surface area contributed by atoms with Crippen molar-refractivity contribution >= 4 is 29.5 Å². The molecule has 1 atom stereocenters. The number of carbonyl (C=O) groups is 1. The molecule has 0 spiro atoms. The van der Waals surface area contributed by atoms with Crippen LogP contribution in [0.2, 0.25) is 0 Å². The smallest absolute Gasteiger partial charge is 0.313 e. The summed E-state index contributed by atoms with van der Waals surface area (Å²) in [5.41, 5.74) is 0. The molecule has 0 aliphatic rings. The number of aromatic nitrogens is 3. The first-order valence-corrected chi connectivity index (χ1v) is 9.10. The second kappa shape index (κ2) is 9.28. The average molecular weight is 317 g/mol. The van der Waals surface area contributed by atoms with Gasteiger partial charge in [-0.1, -0.05) is 25.6 Å². The molecule has 1 N–H and O–H groups in total. The Hall–Kier alpha value is -0.690. The van der Waals surface area contributed by atoms with E-state index in [4.69, 9.17) is 5.11 Å². The lowest BCUT2D eigenvalue weighted by molar-refractivity contribution is -0.133. The fourth-order valence-corrected chi connectivity index (χ4v) is 3.47. The number of rotatable bonds is 10. The first kappa shape index (κ1) is 17.4. The number of hydrogen-bond acceptors (Lipinski definition) is 5. The van der Waals surface area contributed by atoms with Gasteiger partial charge in [0.05, 0.1) is 5.75 Å². The van der Waals surface area contributed by atoms with Crippen molar-refractivity contribution in [2.24, 2.45) is 0 Å². The zero-order valence-electron chi connectivity index (χ0n) is 12.3. The van der Waals surface area contributed by atoms with Crippen LogP contribution in [0.1, 0.15) is 45.5 Å². The van der Waals surface area contributed by atoms with E-state index in [-0.39, 0.29) is 5.75 Å². The molecule has 0 aromatic carbocycles.